The maximum absolute atomic E-state index is 13.6. The summed E-state index contributed by atoms with van der Waals surface area (Å²) < 4.78 is 40.0. The van der Waals surface area contributed by atoms with E-state index in [-0.39, 0.29) is 5.56 Å². The van der Waals surface area contributed by atoms with Crippen LogP contribution in [-0.4, -0.2) is 0 Å². The van der Waals surface area contributed by atoms with E-state index in [0.717, 1.165) is 0 Å². The predicted molar refractivity (Wildman–Crippen MR) is 60.9 cm³/mol. The van der Waals surface area contributed by atoms with Gasteiger partial charge in [-0.25, -0.2) is 13.2 Å². The third kappa shape index (κ3) is 1.98. The van der Waals surface area contributed by atoms with Gasteiger partial charge >= 0.3 is 0 Å². The summed E-state index contributed by atoms with van der Waals surface area (Å²) in [7, 11) is 0. The third-order valence-corrected chi connectivity index (χ3v) is 2.65. The van der Waals surface area contributed by atoms with Crippen LogP contribution in [0.5, 0.6) is 0 Å². The van der Waals surface area contributed by atoms with Gasteiger partial charge in [-0.3, -0.25) is 0 Å². The molecule has 17 heavy (non-hydrogen) atoms. The smallest absolute Gasteiger partial charge is 0.136 e. The molecule has 0 amide bonds. The quantitative estimate of drug-likeness (QED) is 0.752. The number of nitrogen functional groups attached to an aromatic ring is 1. The van der Waals surface area contributed by atoms with Gasteiger partial charge in [0.25, 0.3) is 0 Å². The van der Waals surface area contributed by atoms with Gasteiger partial charge in [0.05, 0.1) is 5.56 Å². The fourth-order valence-electron chi connectivity index (χ4n) is 1.72. The second-order valence-corrected chi connectivity index (χ2v) is 3.76. The van der Waals surface area contributed by atoms with E-state index in [1.54, 1.807) is 25.1 Å². The number of rotatable bonds is 1. The first-order valence-electron chi connectivity index (χ1n) is 5.00. The molecule has 0 aliphatic rings. The number of halogens is 3. The van der Waals surface area contributed by atoms with Gasteiger partial charge in [-0.05, 0) is 24.1 Å². The van der Waals surface area contributed by atoms with E-state index in [0.29, 0.717) is 28.9 Å². The van der Waals surface area contributed by atoms with Crippen LogP contribution < -0.4 is 5.73 Å². The van der Waals surface area contributed by atoms with E-state index < -0.39 is 17.5 Å². The van der Waals surface area contributed by atoms with Crippen LogP contribution in [0.3, 0.4) is 0 Å². The SMILES string of the molecule is Cc1c(N)cccc1-c1c(F)cc(F)cc1F. The molecule has 2 aromatic carbocycles. The van der Waals surface area contributed by atoms with Gasteiger partial charge in [0.2, 0.25) is 0 Å². The second-order valence-electron chi connectivity index (χ2n) is 3.76. The van der Waals surface area contributed by atoms with Crippen molar-refractivity contribution in [1.82, 2.24) is 0 Å². The van der Waals surface area contributed by atoms with Crippen LogP contribution in [0.25, 0.3) is 11.1 Å². The van der Waals surface area contributed by atoms with Crippen LogP contribution in [0, 0.1) is 24.4 Å². The van der Waals surface area contributed by atoms with Crippen LogP contribution in [0.2, 0.25) is 0 Å². The average molecular weight is 237 g/mol. The lowest BCUT2D eigenvalue weighted by atomic mass is 9.98. The Morgan fingerprint density at radius 1 is 1.00 bits per heavy atom. The molecule has 2 rings (SSSR count). The van der Waals surface area contributed by atoms with E-state index in [4.69, 9.17) is 5.73 Å². The summed E-state index contributed by atoms with van der Waals surface area (Å²) in [4.78, 5) is 0. The lowest BCUT2D eigenvalue weighted by molar-refractivity contribution is 0.548. The minimum Gasteiger partial charge on any atom is -0.398 e. The van der Waals surface area contributed by atoms with E-state index in [1.165, 1.54) is 0 Å². The maximum Gasteiger partial charge on any atom is 0.136 e. The number of anilines is 1. The highest BCUT2D eigenvalue weighted by atomic mass is 19.1. The highest BCUT2D eigenvalue weighted by Crippen LogP contribution is 2.31. The lowest BCUT2D eigenvalue weighted by Gasteiger charge is -2.10. The van der Waals surface area contributed by atoms with Crippen molar-refractivity contribution in [1.29, 1.82) is 0 Å². The van der Waals surface area contributed by atoms with Crippen LogP contribution in [0.1, 0.15) is 5.56 Å². The van der Waals surface area contributed by atoms with E-state index in [1.807, 2.05) is 0 Å². The first-order chi connectivity index (χ1) is 8.00. The summed E-state index contributed by atoms with van der Waals surface area (Å²) >= 11 is 0. The van der Waals surface area contributed by atoms with Crippen molar-refractivity contribution in [3.8, 4) is 11.1 Å². The largest absolute Gasteiger partial charge is 0.398 e. The summed E-state index contributed by atoms with van der Waals surface area (Å²) in [6.07, 6.45) is 0. The molecule has 0 unspecified atom stereocenters. The molecule has 0 fully saturated rings. The van der Waals surface area contributed by atoms with E-state index >= 15 is 0 Å². The topological polar surface area (TPSA) is 26.0 Å². The predicted octanol–water partition coefficient (Wildman–Crippen LogP) is 3.66. The average Bonchev–Trinajstić information content (AvgIpc) is 2.23. The van der Waals surface area contributed by atoms with Gasteiger partial charge in [0.1, 0.15) is 17.5 Å². The van der Waals surface area contributed by atoms with E-state index in [9.17, 15) is 13.2 Å². The Kier molecular flexibility index (Phi) is 2.79. The standard InChI is InChI=1S/C13H10F3N/c1-7-9(3-2-4-12(7)17)13-10(15)5-8(14)6-11(13)16/h2-6H,17H2,1H3. The molecule has 0 saturated heterocycles. The maximum atomic E-state index is 13.6. The molecule has 1 nitrogen and oxygen atoms in total. The van der Waals surface area contributed by atoms with E-state index in [2.05, 4.69) is 0 Å². The molecule has 0 aromatic heterocycles. The zero-order valence-corrected chi connectivity index (χ0v) is 9.10. The molecule has 0 radical (unpaired) electrons. The zero-order valence-electron chi connectivity index (χ0n) is 9.10. The Balaban J connectivity index is 2.73. The van der Waals surface area contributed by atoms with Crippen molar-refractivity contribution in [3.05, 3.63) is 53.3 Å². The Labute approximate surface area is 96.7 Å². The monoisotopic (exact) mass is 237 g/mol. The molecule has 0 heterocycles. The molecular formula is C13H10F3N. The summed E-state index contributed by atoms with van der Waals surface area (Å²) in [5.41, 5.74) is 6.75. The van der Waals surface area contributed by atoms with Gasteiger partial charge in [0.15, 0.2) is 0 Å². The van der Waals surface area contributed by atoms with Gasteiger partial charge in [-0.2, -0.15) is 0 Å². The van der Waals surface area contributed by atoms with Crippen molar-refractivity contribution in [2.45, 2.75) is 6.92 Å². The normalized spacial score (nSPS) is 10.6. The summed E-state index contributed by atoms with van der Waals surface area (Å²) in [6, 6.07) is 6.09. The molecule has 0 spiro atoms. The Morgan fingerprint density at radius 2 is 1.59 bits per heavy atom. The molecule has 0 aliphatic carbocycles. The van der Waals surface area contributed by atoms with Gasteiger partial charge < -0.3 is 5.73 Å². The van der Waals surface area contributed by atoms with Crippen molar-refractivity contribution < 1.29 is 13.2 Å². The summed E-state index contributed by atoms with van der Waals surface area (Å²) in [5.74, 6) is -2.81. The van der Waals surface area contributed by atoms with Crippen LogP contribution >= 0.6 is 0 Å². The highest BCUT2D eigenvalue weighted by molar-refractivity contribution is 5.73. The van der Waals surface area contributed by atoms with Crippen LogP contribution in [0.15, 0.2) is 30.3 Å². The number of hydrogen-bond acceptors (Lipinski definition) is 1. The number of nitrogens with two attached hydrogens (primary N) is 1. The van der Waals surface area contributed by atoms with Gasteiger partial charge in [-0.15, -0.1) is 0 Å². The van der Waals surface area contributed by atoms with Crippen molar-refractivity contribution in [3.63, 3.8) is 0 Å². The first-order valence-corrected chi connectivity index (χ1v) is 5.00. The fourth-order valence-corrected chi connectivity index (χ4v) is 1.72. The molecule has 0 bridgehead atoms. The molecule has 2 aromatic rings. The molecule has 4 heteroatoms. The lowest BCUT2D eigenvalue weighted by Crippen LogP contribution is -1.97. The minimum absolute atomic E-state index is 0.254. The van der Waals surface area contributed by atoms with Crippen LogP contribution in [-0.2, 0) is 0 Å². The third-order valence-electron chi connectivity index (χ3n) is 2.65. The Hall–Kier alpha value is -1.97. The van der Waals surface area contributed by atoms with Crippen molar-refractivity contribution >= 4 is 5.69 Å². The zero-order chi connectivity index (χ0) is 12.6. The molecule has 0 aliphatic heterocycles. The molecule has 0 atom stereocenters. The Bertz CT molecular complexity index is 556. The molecule has 2 N–H and O–H groups in total. The van der Waals surface area contributed by atoms with Crippen LogP contribution in [0.4, 0.5) is 18.9 Å². The highest BCUT2D eigenvalue weighted by Gasteiger charge is 2.15. The minimum atomic E-state index is -0.940. The molecule has 88 valence electrons. The van der Waals surface area contributed by atoms with Crippen molar-refractivity contribution in [2.75, 3.05) is 5.73 Å². The first kappa shape index (κ1) is 11.5. The van der Waals surface area contributed by atoms with Gasteiger partial charge in [-0.1, -0.05) is 12.1 Å². The Morgan fingerprint density at radius 3 is 2.18 bits per heavy atom. The van der Waals surface area contributed by atoms with Crippen molar-refractivity contribution in [2.24, 2.45) is 0 Å². The summed E-state index contributed by atoms with van der Waals surface area (Å²) in [6.45, 7) is 1.66. The molecule has 0 saturated carbocycles. The molecular weight excluding hydrogens is 227 g/mol. The van der Waals surface area contributed by atoms with Gasteiger partial charge in [0, 0.05) is 17.8 Å². The number of hydrogen-bond donors (Lipinski definition) is 1. The number of benzene rings is 2. The second kappa shape index (κ2) is 4.13. The summed E-state index contributed by atoms with van der Waals surface area (Å²) in [5, 5.41) is 0. The fraction of sp³-hybridized carbons (Fsp3) is 0.0769.